The van der Waals surface area contributed by atoms with Crippen LogP contribution in [0.15, 0.2) is 60.3 Å². The fraction of sp³-hybridized carbons (Fsp3) is 0.217. The summed E-state index contributed by atoms with van der Waals surface area (Å²) in [5, 5.41) is 9.75. The highest BCUT2D eigenvalue weighted by Gasteiger charge is 2.23. The Morgan fingerprint density at radius 1 is 1.04 bits per heavy atom. The van der Waals surface area contributed by atoms with Gasteiger partial charge in [-0.1, -0.05) is 24.3 Å². The lowest BCUT2D eigenvalue weighted by atomic mass is 9.98. The van der Waals surface area contributed by atoms with Gasteiger partial charge in [-0.05, 0) is 54.3 Å². The fourth-order valence-corrected chi connectivity index (χ4v) is 3.81. The average molecular weight is 359 g/mol. The van der Waals surface area contributed by atoms with Crippen molar-refractivity contribution >= 4 is 11.6 Å². The number of benzene rings is 2. The van der Waals surface area contributed by atoms with Crippen LogP contribution in [0.25, 0.3) is 11.6 Å². The highest BCUT2D eigenvalue weighted by atomic mass is 16.5. The maximum atomic E-state index is 9.75. The molecular weight excluding hydrogens is 338 g/mol. The third-order valence-electron chi connectivity index (χ3n) is 5.26. The van der Waals surface area contributed by atoms with E-state index in [9.17, 15) is 5.11 Å². The van der Waals surface area contributed by atoms with Crippen LogP contribution in [0.5, 0.6) is 17.2 Å². The molecule has 0 saturated heterocycles. The Labute approximate surface area is 158 Å². The van der Waals surface area contributed by atoms with E-state index >= 15 is 0 Å². The number of hydrogen-bond acceptors (Lipinski definition) is 4. The molecule has 4 nitrogen and oxygen atoms in total. The zero-order valence-corrected chi connectivity index (χ0v) is 15.0. The van der Waals surface area contributed by atoms with Crippen LogP contribution in [-0.2, 0) is 6.54 Å². The minimum Gasteiger partial charge on any atom is -0.508 e. The Morgan fingerprint density at radius 2 is 2.00 bits per heavy atom. The van der Waals surface area contributed by atoms with Crippen molar-refractivity contribution in [1.82, 2.24) is 4.90 Å². The highest BCUT2D eigenvalue weighted by molar-refractivity contribution is 5.86. The van der Waals surface area contributed by atoms with Crippen molar-refractivity contribution in [2.75, 3.05) is 13.3 Å². The molecule has 0 spiro atoms. The van der Waals surface area contributed by atoms with Crippen molar-refractivity contribution in [3.05, 3.63) is 77.0 Å². The number of phenolic OH excluding ortho intramolecular Hbond substituents is 1. The quantitative estimate of drug-likeness (QED) is 0.843. The second-order valence-corrected chi connectivity index (χ2v) is 7.10. The van der Waals surface area contributed by atoms with Gasteiger partial charge in [0.25, 0.3) is 0 Å². The molecule has 0 saturated carbocycles. The maximum Gasteiger partial charge on any atom is 0.161 e. The predicted octanol–water partition coefficient (Wildman–Crippen LogP) is 4.71. The number of aromatic hydroxyl groups is 1. The lowest BCUT2D eigenvalue weighted by Crippen LogP contribution is -2.31. The van der Waals surface area contributed by atoms with Gasteiger partial charge >= 0.3 is 0 Å². The van der Waals surface area contributed by atoms with Gasteiger partial charge < -0.3 is 19.5 Å². The zero-order chi connectivity index (χ0) is 18.2. The van der Waals surface area contributed by atoms with Crippen molar-refractivity contribution in [3.63, 3.8) is 0 Å². The van der Waals surface area contributed by atoms with Crippen LogP contribution in [-0.4, -0.2) is 23.3 Å². The Morgan fingerprint density at radius 3 is 2.85 bits per heavy atom. The molecule has 3 aliphatic rings. The van der Waals surface area contributed by atoms with E-state index in [2.05, 4.69) is 35.3 Å². The molecule has 2 aromatic carbocycles. The van der Waals surface area contributed by atoms with Crippen molar-refractivity contribution in [1.29, 1.82) is 0 Å². The zero-order valence-electron chi connectivity index (χ0n) is 15.0. The summed E-state index contributed by atoms with van der Waals surface area (Å²) in [6.45, 7) is 1.91. The van der Waals surface area contributed by atoms with Crippen molar-refractivity contribution < 1.29 is 14.6 Å². The SMILES string of the molecule is Oc1cccc(C2=Cc3cc4c(cc3OC2)OCN(C2=CC=CCC2)C4)c1. The van der Waals surface area contributed by atoms with Crippen LogP contribution in [0.2, 0.25) is 0 Å². The molecule has 0 aromatic heterocycles. The Balaban J connectivity index is 1.46. The van der Waals surface area contributed by atoms with Crippen molar-refractivity contribution in [3.8, 4) is 17.2 Å². The van der Waals surface area contributed by atoms with E-state index in [0.29, 0.717) is 13.3 Å². The molecule has 2 aromatic rings. The summed E-state index contributed by atoms with van der Waals surface area (Å²) in [7, 11) is 0. The highest BCUT2D eigenvalue weighted by Crippen LogP contribution is 2.38. The minimum atomic E-state index is 0.267. The molecule has 1 N–H and O–H groups in total. The van der Waals surface area contributed by atoms with Gasteiger partial charge in [0.05, 0.1) is 0 Å². The molecule has 1 aliphatic carbocycles. The van der Waals surface area contributed by atoms with Gasteiger partial charge in [-0.3, -0.25) is 0 Å². The second kappa shape index (κ2) is 6.54. The molecule has 0 amide bonds. The summed E-state index contributed by atoms with van der Waals surface area (Å²) < 4.78 is 12.0. The van der Waals surface area contributed by atoms with E-state index in [-0.39, 0.29) is 5.75 Å². The number of fused-ring (bicyclic) bond motifs is 2. The molecule has 4 heteroatoms. The Hall–Kier alpha value is -3.14. The van der Waals surface area contributed by atoms with Gasteiger partial charge in [0.15, 0.2) is 6.73 Å². The number of rotatable bonds is 2. The van der Waals surface area contributed by atoms with Gasteiger partial charge in [0.1, 0.15) is 23.9 Å². The van der Waals surface area contributed by atoms with Crippen LogP contribution >= 0.6 is 0 Å². The number of ether oxygens (including phenoxy) is 2. The van der Waals surface area contributed by atoms with Gasteiger partial charge in [0.2, 0.25) is 0 Å². The van der Waals surface area contributed by atoms with E-state index in [4.69, 9.17) is 9.47 Å². The van der Waals surface area contributed by atoms with Crippen LogP contribution in [0.4, 0.5) is 0 Å². The van der Waals surface area contributed by atoms with Gasteiger partial charge in [-0.2, -0.15) is 0 Å². The van der Waals surface area contributed by atoms with E-state index < -0.39 is 0 Å². The Kier molecular flexibility index (Phi) is 3.89. The van der Waals surface area contributed by atoms with E-state index in [1.54, 1.807) is 12.1 Å². The smallest absolute Gasteiger partial charge is 0.161 e. The number of phenols is 1. The lowest BCUT2D eigenvalue weighted by Gasteiger charge is -2.34. The predicted molar refractivity (Wildman–Crippen MR) is 105 cm³/mol. The summed E-state index contributed by atoms with van der Waals surface area (Å²) in [4.78, 5) is 2.29. The number of allylic oxidation sites excluding steroid dienone is 4. The largest absolute Gasteiger partial charge is 0.508 e. The van der Waals surface area contributed by atoms with Gasteiger partial charge in [-0.25, -0.2) is 0 Å². The topological polar surface area (TPSA) is 41.9 Å². The van der Waals surface area contributed by atoms with Crippen molar-refractivity contribution in [2.24, 2.45) is 0 Å². The maximum absolute atomic E-state index is 9.75. The minimum absolute atomic E-state index is 0.267. The van der Waals surface area contributed by atoms with Crippen molar-refractivity contribution in [2.45, 2.75) is 19.4 Å². The molecule has 5 rings (SSSR count). The van der Waals surface area contributed by atoms with Gasteiger partial charge in [0, 0.05) is 29.4 Å². The third kappa shape index (κ3) is 3.08. The number of hydrogen-bond donors (Lipinski definition) is 1. The molecule has 2 heterocycles. The molecular formula is C23H21NO3. The van der Waals surface area contributed by atoms with Crippen LogP contribution < -0.4 is 9.47 Å². The first-order chi connectivity index (χ1) is 13.3. The second-order valence-electron chi connectivity index (χ2n) is 7.10. The number of nitrogens with zero attached hydrogens (tertiary/aromatic N) is 1. The molecule has 2 aliphatic heterocycles. The summed E-state index contributed by atoms with van der Waals surface area (Å²) in [5.74, 6) is 2.03. The Bertz CT molecular complexity index is 987. The van der Waals surface area contributed by atoms with Crippen LogP contribution in [0.3, 0.4) is 0 Å². The first-order valence-corrected chi connectivity index (χ1v) is 9.29. The van der Waals surface area contributed by atoms with E-state index in [1.807, 2.05) is 18.2 Å². The molecule has 0 atom stereocenters. The first kappa shape index (κ1) is 16.1. The fourth-order valence-electron chi connectivity index (χ4n) is 3.81. The summed E-state index contributed by atoms with van der Waals surface area (Å²) in [6, 6.07) is 11.5. The molecule has 136 valence electrons. The van der Waals surface area contributed by atoms with E-state index in [0.717, 1.165) is 47.6 Å². The first-order valence-electron chi connectivity index (χ1n) is 9.29. The molecule has 0 bridgehead atoms. The summed E-state index contributed by atoms with van der Waals surface area (Å²) >= 11 is 0. The normalized spacial score (nSPS) is 17.9. The third-order valence-corrected chi connectivity index (χ3v) is 5.26. The molecule has 27 heavy (non-hydrogen) atoms. The molecule has 0 radical (unpaired) electrons. The average Bonchev–Trinajstić information content (AvgIpc) is 2.72. The molecule has 0 fully saturated rings. The summed E-state index contributed by atoms with van der Waals surface area (Å²) in [5.41, 5.74) is 5.60. The van der Waals surface area contributed by atoms with E-state index in [1.165, 1.54) is 11.3 Å². The molecule has 0 unspecified atom stereocenters. The standard InChI is InChI=1S/C23H21NO3/c25-21-8-4-5-16(11-21)19-10-17-9-18-13-24(20-6-2-1-3-7-20)15-27-23(18)12-22(17)26-14-19/h1-2,4-6,8-12,25H,3,7,13-15H2. The van der Waals surface area contributed by atoms with Crippen LogP contribution in [0.1, 0.15) is 29.5 Å². The van der Waals surface area contributed by atoms with Gasteiger partial charge in [-0.15, -0.1) is 0 Å². The summed E-state index contributed by atoms with van der Waals surface area (Å²) in [6.07, 6.45) is 10.8. The monoisotopic (exact) mass is 359 g/mol. The van der Waals surface area contributed by atoms with Crippen LogP contribution in [0, 0.1) is 0 Å². The lowest BCUT2D eigenvalue weighted by molar-refractivity contribution is 0.123.